The summed E-state index contributed by atoms with van der Waals surface area (Å²) in [5.74, 6) is -0.279. The number of hydrogen-bond acceptors (Lipinski definition) is 5. The highest BCUT2D eigenvalue weighted by Crippen LogP contribution is 2.35. The number of benzene rings is 2. The molecule has 1 N–H and O–H groups in total. The van der Waals surface area contributed by atoms with Crippen molar-refractivity contribution in [2.24, 2.45) is 5.92 Å². The first-order valence-electron chi connectivity index (χ1n) is 8.35. The van der Waals surface area contributed by atoms with Gasteiger partial charge in [-0.2, -0.15) is 0 Å². The second kappa shape index (κ2) is 7.17. The zero-order chi connectivity index (χ0) is 19.0. The quantitative estimate of drug-likeness (QED) is 0.718. The number of thiazole rings is 1. The highest BCUT2D eigenvalue weighted by Gasteiger charge is 2.36. The van der Waals surface area contributed by atoms with Gasteiger partial charge in [0.2, 0.25) is 11.8 Å². The molecule has 0 spiro atoms. The molecule has 2 aromatic carbocycles. The Morgan fingerprint density at radius 2 is 2.15 bits per heavy atom. The third-order valence-electron chi connectivity index (χ3n) is 4.45. The summed E-state index contributed by atoms with van der Waals surface area (Å²) in [6, 6.07) is 12.8. The van der Waals surface area contributed by atoms with Gasteiger partial charge in [-0.25, -0.2) is 4.98 Å². The van der Waals surface area contributed by atoms with Crippen molar-refractivity contribution in [1.82, 2.24) is 4.98 Å². The number of aromatic nitrogens is 1. The predicted molar refractivity (Wildman–Crippen MR) is 107 cm³/mol. The molecule has 0 radical (unpaired) electrons. The molecule has 0 saturated carbocycles. The fourth-order valence-electron chi connectivity index (χ4n) is 3.12. The van der Waals surface area contributed by atoms with Crippen molar-refractivity contribution in [3.8, 4) is 5.75 Å². The van der Waals surface area contributed by atoms with Gasteiger partial charge in [0.15, 0.2) is 5.13 Å². The Morgan fingerprint density at radius 1 is 1.33 bits per heavy atom. The molecule has 0 bridgehead atoms. The van der Waals surface area contributed by atoms with E-state index in [0.717, 1.165) is 10.2 Å². The number of methoxy groups -OCH3 is 1. The van der Waals surface area contributed by atoms with Crippen molar-refractivity contribution in [2.75, 3.05) is 23.9 Å². The second-order valence-electron chi connectivity index (χ2n) is 6.20. The topological polar surface area (TPSA) is 71.5 Å². The van der Waals surface area contributed by atoms with Crippen molar-refractivity contribution in [3.05, 3.63) is 47.5 Å². The molecular formula is C19H16ClN3O3S. The van der Waals surface area contributed by atoms with Gasteiger partial charge in [0.1, 0.15) is 5.75 Å². The molecule has 6 nitrogen and oxygen atoms in total. The smallest absolute Gasteiger partial charge is 0.231 e. The van der Waals surface area contributed by atoms with Crippen LogP contribution < -0.4 is 15.0 Å². The fraction of sp³-hybridized carbons (Fsp3) is 0.211. The van der Waals surface area contributed by atoms with Gasteiger partial charge in [-0.05, 0) is 30.3 Å². The molecule has 138 valence electrons. The number of carbonyl (C=O) groups is 2. The Balaban J connectivity index is 1.51. The van der Waals surface area contributed by atoms with Crippen molar-refractivity contribution < 1.29 is 14.3 Å². The Morgan fingerprint density at radius 3 is 2.93 bits per heavy atom. The third-order valence-corrected chi connectivity index (χ3v) is 5.64. The van der Waals surface area contributed by atoms with Crippen molar-refractivity contribution in [1.29, 1.82) is 0 Å². The van der Waals surface area contributed by atoms with Gasteiger partial charge < -0.3 is 15.0 Å². The van der Waals surface area contributed by atoms with E-state index in [1.165, 1.54) is 18.4 Å². The summed E-state index contributed by atoms with van der Waals surface area (Å²) in [7, 11) is 1.53. The molecule has 2 heterocycles. The summed E-state index contributed by atoms with van der Waals surface area (Å²) >= 11 is 7.48. The number of hydrogen-bond donors (Lipinski definition) is 1. The normalized spacial score (nSPS) is 16.7. The molecule has 1 fully saturated rings. The number of anilines is 2. The Bertz CT molecular complexity index is 1000. The number of halogens is 1. The van der Waals surface area contributed by atoms with Crippen LogP contribution in [0.3, 0.4) is 0 Å². The minimum Gasteiger partial charge on any atom is -0.495 e. The average molecular weight is 402 g/mol. The largest absolute Gasteiger partial charge is 0.495 e. The molecule has 4 rings (SSSR count). The minimum absolute atomic E-state index is 0.131. The Labute approximate surface area is 164 Å². The minimum atomic E-state index is -0.465. The molecule has 2 amide bonds. The lowest BCUT2D eigenvalue weighted by Crippen LogP contribution is -2.28. The summed E-state index contributed by atoms with van der Waals surface area (Å²) in [6.45, 7) is 0.270. The van der Waals surface area contributed by atoms with Crippen LogP contribution in [0.4, 0.5) is 10.8 Å². The van der Waals surface area contributed by atoms with E-state index in [-0.39, 0.29) is 24.8 Å². The molecule has 0 aliphatic carbocycles. The van der Waals surface area contributed by atoms with E-state index >= 15 is 0 Å². The molecule has 1 atom stereocenters. The van der Waals surface area contributed by atoms with E-state index in [4.69, 9.17) is 16.3 Å². The Kier molecular flexibility index (Phi) is 4.72. The van der Waals surface area contributed by atoms with Gasteiger partial charge in [-0.1, -0.05) is 35.1 Å². The van der Waals surface area contributed by atoms with Crippen LogP contribution in [-0.2, 0) is 9.59 Å². The first-order valence-corrected chi connectivity index (χ1v) is 9.55. The zero-order valence-corrected chi connectivity index (χ0v) is 16.0. The number of nitrogens with zero attached hydrogens (tertiary/aromatic N) is 2. The molecule has 27 heavy (non-hydrogen) atoms. The van der Waals surface area contributed by atoms with Crippen LogP contribution in [0.5, 0.6) is 5.75 Å². The van der Waals surface area contributed by atoms with Gasteiger partial charge in [0, 0.05) is 18.0 Å². The van der Waals surface area contributed by atoms with Crippen molar-refractivity contribution >= 4 is 55.8 Å². The third kappa shape index (κ3) is 3.48. The van der Waals surface area contributed by atoms with E-state index in [1.807, 2.05) is 24.3 Å². The van der Waals surface area contributed by atoms with E-state index < -0.39 is 5.92 Å². The van der Waals surface area contributed by atoms with Crippen LogP contribution >= 0.6 is 22.9 Å². The van der Waals surface area contributed by atoms with Crippen LogP contribution in [0.15, 0.2) is 42.5 Å². The number of nitrogens with one attached hydrogen (secondary N) is 1. The van der Waals surface area contributed by atoms with Gasteiger partial charge in [0.05, 0.1) is 28.9 Å². The van der Waals surface area contributed by atoms with Gasteiger partial charge in [-0.15, -0.1) is 0 Å². The molecular weight excluding hydrogens is 386 g/mol. The first-order chi connectivity index (χ1) is 13.0. The predicted octanol–water partition coefficient (Wildman–Crippen LogP) is 3.95. The molecule has 1 saturated heterocycles. The van der Waals surface area contributed by atoms with E-state index in [0.29, 0.717) is 21.6 Å². The zero-order valence-electron chi connectivity index (χ0n) is 14.4. The van der Waals surface area contributed by atoms with Crippen LogP contribution in [0.2, 0.25) is 5.02 Å². The second-order valence-corrected chi connectivity index (χ2v) is 7.66. The van der Waals surface area contributed by atoms with E-state index in [2.05, 4.69) is 10.3 Å². The number of para-hydroxylation sites is 1. The van der Waals surface area contributed by atoms with Gasteiger partial charge >= 0.3 is 0 Å². The first kappa shape index (κ1) is 17.8. The summed E-state index contributed by atoms with van der Waals surface area (Å²) in [6.07, 6.45) is 0.131. The maximum atomic E-state index is 12.7. The maximum Gasteiger partial charge on any atom is 0.231 e. The Hall–Kier alpha value is -2.64. The van der Waals surface area contributed by atoms with Gasteiger partial charge in [0.25, 0.3) is 0 Å². The highest BCUT2D eigenvalue weighted by molar-refractivity contribution is 7.22. The number of carbonyl (C=O) groups excluding carboxylic acids is 2. The van der Waals surface area contributed by atoms with Crippen molar-refractivity contribution in [2.45, 2.75) is 6.42 Å². The standard InChI is InChI=1S/C19H16ClN3O3S/c1-26-15-7-6-12(20)9-14(15)23-10-11(8-17(23)24)18(25)22-19-21-13-4-2-3-5-16(13)27-19/h2-7,9,11H,8,10H2,1H3,(H,21,22,25)/t11-/m1/s1. The number of fused-ring (bicyclic) bond motifs is 1. The molecule has 1 aliphatic heterocycles. The number of ether oxygens (including phenoxy) is 1. The lowest BCUT2D eigenvalue weighted by Gasteiger charge is -2.19. The van der Waals surface area contributed by atoms with Crippen LogP contribution in [0.25, 0.3) is 10.2 Å². The summed E-state index contributed by atoms with van der Waals surface area (Å²) in [5.41, 5.74) is 1.41. The monoisotopic (exact) mass is 401 g/mol. The van der Waals surface area contributed by atoms with E-state index in [9.17, 15) is 9.59 Å². The lowest BCUT2D eigenvalue weighted by molar-refractivity contribution is -0.122. The fourth-order valence-corrected chi connectivity index (χ4v) is 4.16. The SMILES string of the molecule is COc1ccc(Cl)cc1N1C[C@H](C(=O)Nc2nc3ccccc3s2)CC1=O. The highest BCUT2D eigenvalue weighted by atomic mass is 35.5. The van der Waals surface area contributed by atoms with E-state index in [1.54, 1.807) is 23.1 Å². The van der Waals surface area contributed by atoms with Crippen LogP contribution in [-0.4, -0.2) is 30.5 Å². The molecule has 0 unspecified atom stereocenters. The maximum absolute atomic E-state index is 12.7. The summed E-state index contributed by atoms with van der Waals surface area (Å²) in [4.78, 5) is 31.1. The van der Waals surface area contributed by atoms with Crippen LogP contribution in [0.1, 0.15) is 6.42 Å². The van der Waals surface area contributed by atoms with Gasteiger partial charge in [-0.3, -0.25) is 9.59 Å². The summed E-state index contributed by atoms with van der Waals surface area (Å²) < 4.78 is 6.33. The van der Waals surface area contributed by atoms with Crippen LogP contribution in [0, 0.1) is 5.92 Å². The number of rotatable bonds is 4. The molecule has 1 aliphatic rings. The molecule has 8 heteroatoms. The lowest BCUT2D eigenvalue weighted by atomic mass is 10.1. The van der Waals surface area contributed by atoms with Crippen molar-refractivity contribution in [3.63, 3.8) is 0 Å². The summed E-state index contributed by atoms with van der Waals surface area (Å²) in [5, 5.41) is 3.87. The molecule has 1 aromatic heterocycles. The number of amides is 2. The molecule has 3 aromatic rings. The average Bonchev–Trinajstić information content (AvgIpc) is 3.24.